The van der Waals surface area contributed by atoms with E-state index in [1.165, 1.54) is 37.4 Å². The lowest BCUT2D eigenvalue weighted by molar-refractivity contribution is 0.0501. The molecule has 0 unspecified atom stereocenters. The third-order valence-electron chi connectivity index (χ3n) is 4.32. The molecule has 2 aromatic rings. The summed E-state index contributed by atoms with van der Waals surface area (Å²) in [4.78, 5) is 25.2. The topological polar surface area (TPSA) is 90.7 Å². The Bertz CT molecular complexity index is 957. The van der Waals surface area contributed by atoms with Crippen molar-refractivity contribution in [3.63, 3.8) is 0 Å². The third-order valence-corrected chi connectivity index (χ3v) is 4.63. The van der Waals surface area contributed by atoms with Gasteiger partial charge in [-0.3, -0.25) is 4.79 Å². The maximum absolute atomic E-state index is 15.4. The van der Waals surface area contributed by atoms with Gasteiger partial charge in [-0.05, 0) is 51.5 Å². The molecule has 2 aromatic carbocycles. The fraction of sp³-hybridized carbons (Fsp3) is 0.364. The van der Waals surface area contributed by atoms with Crippen molar-refractivity contribution < 1.29 is 23.5 Å². The number of nitrogen functional groups attached to an aromatic ring is 1. The molecule has 0 aliphatic rings. The van der Waals surface area contributed by atoms with Gasteiger partial charge in [-0.2, -0.15) is 0 Å². The first kappa shape index (κ1) is 23.5. The van der Waals surface area contributed by atoms with Crippen molar-refractivity contribution in [2.45, 2.75) is 45.8 Å². The van der Waals surface area contributed by atoms with Crippen LogP contribution >= 0.6 is 11.6 Å². The summed E-state index contributed by atoms with van der Waals surface area (Å²) in [5.74, 6) is -1.12. The summed E-state index contributed by atoms with van der Waals surface area (Å²) in [5, 5.41) is 2.60. The van der Waals surface area contributed by atoms with Gasteiger partial charge < -0.3 is 20.5 Å². The number of nitrogens with two attached hydrogens (primary N) is 1. The lowest BCUT2D eigenvalue weighted by Crippen LogP contribution is -2.35. The Labute approximate surface area is 180 Å². The Morgan fingerprint density at radius 2 is 1.90 bits per heavy atom. The number of methoxy groups -OCH3 is 1. The minimum atomic E-state index is -0.800. The van der Waals surface area contributed by atoms with Gasteiger partial charge in [-0.25, -0.2) is 9.18 Å². The van der Waals surface area contributed by atoms with Crippen molar-refractivity contribution in [2.75, 3.05) is 12.8 Å². The van der Waals surface area contributed by atoms with E-state index in [-0.39, 0.29) is 21.7 Å². The van der Waals surface area contributed by atoms with E-state index in [2.05, 4.69) is 5.32 Å². The zero-order chi connectivity index (χ0) is 22.6. The van der Waals surface area contributed by atoms with E-state index in [1.807, 2.05) is 0 Å². The second-order valence-corrected chi connectivity index (χ2v) is 8.13. The maximum atomic E-state index is 15.4. The predicted octanol–water partition coefficient (Wildman–Crippen LogP) is 5.28. The number of benzene rings is 2. The molecule has 8 heteroatoms. The van der Waals surface area contributed by atoms with Gasteiger partial charge in [-0.1, -0.05) is 24.6 Å². The summed E-state index contributed by atoms with van der Waals surface area (Å²) in [7, 11) is 1.42. The highest BCUT2D eigenvalue weighted by atomic mass is 35.5. The molecule has 0 saturated heterocycles. The molecule has 0 spiro atoms. The number of nitrogens with one attached hydrogen (secondary N) is 1. The van der Waals surface area contributed by atoms with E-state index in [4.69, 9.17) is 26.8 Å². The average molecular weight is 437 g/mol. The summed E-state index contributed by atoms with van der Waals surface area (Å²) in [6.07, 6.45) is -0.305. The molecular weight excluding hydrogens is 411 g/mol. The van der Waals surface area contributed by atoms with Crippen LogP contribution in [-0.4, -0.2) is 24.6 Å². The van der Waals surface area contributed by atoms with Crippen LogP contribution in [-0.2, 0) is 4.74 Å². The Morgan fingerprint density at radius 3 is 2.47 bits per heavy atom. The first-order valence-corrected chi connectivity index (χ1v) is 9.81. The van der Waals surface area contributed by atoms with Crippen LogP contribution in [0.3, 0.4) is 0 Å². The smallest absolute Gasteiger partial charge is 0.408 e. The maximum Gasteiger partial charge on any atom is 0.408 e. The molecule has 162 valence electrons. The summed E-state index contributed by atoms with van der Waals surface area (Å²) < 4.78 is 25.8. The molecule has 3 N–H and O–H groups in total. The fourth-order valence-corrected chi connectivity index (χ4v) is 3.12. The number of hydrogen-bond donors (Lipinski definition) is 2. The first-order valence-electron chi connectivity index (χ1n) is 9.44. The molecule has 0 radical (unpaired) electrons. The van der Waals surface area contributed by atoms with Crippen molar-refractivity contribution in [3.8, 4) is 5.75 Å². The van der Waals surface area contributed by atoms with E-state index in [0.29, 0.717) is 17.9 Å². The first-order chi connectivity index (χ1) is 14.0. The molecule has 0 aliphatic heterocycles. The number of carbonyl (C=O) groups excluding carboxylic acids is 2. The number of carbonyl (C=O) groups is 2. The molecule has 0 heterocycles. The van der Waals surface area contributed by atoms with Crippen LogP contribution in [0.1, 0.15) is 61.6 Å². The number of ether oxygens (including phenoxy) is 2. The van der Waals surface area contributed by atoms with Gasteiger partial charge in [-0.15, -0.1) is 0 Å². The highest BCUT2D eigenvalue weighted by Gasteiger charge is 2.26. The van der Waals surface area contributed by atoms with Crippen LogP contribution in [0, 0.1) is 5.82 Å². The van der Waals surface area contributed by atoms with E-state index >= 15 is 4.39 Å². The van der Waals surface area contributed by atoms with Crippen LogP contribution in [0.2, 0.25) is 5.02 Å². The number of amides is 1. The van der Waals surface area contributed by atoms with Crippen LogP contribution in [0.25, 0.3) is 0 Å². The van der Waals surface area contributed by atoms with Crippen LogP contribution in [0.4, 0.5) is 14.9 Å². The van der Waals surface area contributed by atoms with Crippen LogP contribution in [0.15, 0.2) is 30.3 Å². The third kappa shape index (κ3) is 5.42. The number of alkyl carbamates (subject to hydrolysis) is 1. The summed E-state index contributed by atoms with van der Waals surface area (Å²) in [6.45, 7) is 6.97. The molecule has 0 fully saturated rings. The Morgan fingerprint density at radius 1 is 1.23 bits per heavy atom. The lowest BCUT2D eigenvalue weighted by atomic mass is 9.96. The van der Waals surface area contributed by atoms with Gasteiger partial charge in [0.25, 0.3) is 0 Å². The standard InChI is InChI=1S/C22H26ClFN2O4/c1-6-16(26-21(28)30-22(2,3)4)13-8-9-14(23)18(19(13)24)20(27)12-7-10-15(25)17(11-12)29-5/h7-11,16H,6,25H2,1-5H3,(H,26,28)/t16-/m1/s1. The molecule has 0 saturated carbocycles. The molecule has 6 nitrogen and oxygen atoms in total. The summed E-state index contributed by atoms with van der Waals surface area (Å²) >= 11 is 6.16. The Balaban J connectivity index is 2.43. The normalized spacial score (nSPS) is 12.2. The molecular formula is C22H26ClFN2O4. The van der Waals surface area contributed by atoms with Crippen molar-refractivity contribution in [1.29, 1.82) is 0 Å². The number of rotatable bonds is 6. The number of halogens is 2. The van der Waals surface area contributed by atoms with E-state index in [1.54, 1.807) is 27.7 Å². The second kappa shape index (κ2) is 9.34. The lowest BCUT2D eigenvalue weighted by Gasteiger charge is -2.24. The fourth-order valence-electron chi connectivity index (χ4n) is 2.89. The zero-order valence-electron chi connectivity index (χ0n) is 17.6. The van der Waals surface area contributed by atoms with E-state index in [0.717, 1.165) is 0 Å². The van der Waals surface area contributed by atoms with Crippen molar-refractivity contribution in [2.24, 2.45) is 0 Å². The van der Waals surface area contributed by atoms with Crippen molar-refractivity contribution >= 4 is 29.2 Å². The molecule has 0 aromatic heterocycles. The zero-order valence-corrected chi connectivity index (χ0v) is 18.4. The monoisotopic (exact) mass is 436 g/mol. The minimum Gasteiger partial charge on any atom is -0.495 e. The average Bonchev–Trinajstić information content (AvgIpc) is 2.65. The van der Waals surface area contributed by atoms with Gasteiger partial charge in [0.15, 0.2) is 5.78 Å². The Hall–Kier alpha value is -2.80. The van der Waals surface area contributed by atoms with Crippen LogP contribution in [0.5, 0.6) is 5.75 Å². The van der Waals surface area contributed by atoms with E-state index < -0.39 is 29.3 Å². The van der Waals surface area contributed by atoms with Crippen molar-refractivity contribution in [1.82, 2.24) is 5.32 Å². The SMILES string of the molecule is CC[C@@H](NC(=O)OC(C)(C)C)c1ccc(Cl)c(C(=O)c2ccc(N)c(OC)c2)c1F. The van der Waals surface area contributed by atoms with Crippen molar-refractivity contribution in [3.05, 3.63) is 57.9 Å². The van der Waals surface area contributed by atoms with E-state index in [9.17, 15) is 9.59 Å². The Kier molecular flexibility index (Phi) is 7.31. The second-order valence-electron chi connectivity index (χ2n) is 7.72. The summed E-state index contributed by atoms with van der Waals surface area (Å²) in [6, 6.07) is 6.57. The molecule has 2 rings (SSSR count). The number of anilines is 1. The number of ketones is 1. The molecule has 0 aliphatic carbocycles. The quantitative estimate of drug-likeness (QED) is 0.475. The molecule has 1 amide bonds. The minimum absolute atomic E-state index is 0.0378. The van der Waals surface area contributed by atoms with Gasteiger partial charge >= 0.3 is 6.09 Å². The van der Waals surface area contributed by atoms with Gasteiger partial charge in [0.05, 0.1) is 29.4 Å². The molecule has 1 atom stereocenters. The van der Waals surface area contributed by atoms with Gasteiger partial charge in [0, 0.05) is 11.1 Å². The molecule has 0 bridgehead atoms. The van der Waals surface area contributed by atoms with Gasteiger partial charge in [0.1, 0.15) is 17.2 Å². The van der Waals surface area contributed by atoms with Crippen LogP contribution < -0.4 is 15.8 Å². The summed E-state index contributed by atoms with van der Waals surface area (Å²) in [5.41, 5.74) is 5.46. The predicted molar refractivity (Wildman–Crippen MR) is 115 cm³/mol. The highest BCUT2D eigenvalue weighted by molar-refractivity contribution is 6.35. The highest BCUT2D eigenvalue weighted by Crippen LogP contribution is 2.31. The molecule has 30 heavy (non-hydrogen) atoms. The number of hydrogen-bond acceptors (Lipinski definition) is 5. The van der Waals surface area contributed by atoms with Gasteiger partial charge in [0.2, 0.25) is 0 Å². The largest absolute Gasteiger partial charge is 0.495 e.